The van der Waals surface area contributed by atoms with Gasteiger partial charge in [0.1, 0.15) is 0 Å². The summed E-state index contributed by atoms with van der Waals surface area (Å²) in [6.07, 6.45) is 0.895. The fourth-order valence-corrected chi connectivity index (χ4v) is 2.73. The number of aryl methyl sites for hydroxylation is 2. The van der Waals surface area contributed by atoms with Gasteiger partial charge in [0.2, 0.25) is 0 Å². The largest absolute Gasteiger partial charge is 0.391 e. The van der Waals surface area contributed by atoms with Gasteiger partial charge >= 0.3 is 0 Å². The van der Waals surface area contributed by atoms with Crippen molar-refractivity contribution in [3.63, 3.8) is 0 Å². The second-order valence-electron chi connectivity index (χ2n) is 5.49. The first-order valence-electron chi connectivity index (χ1n) is 7.25. The highest BCUT2D eigenvalue weighted by molar-refractivity contribution is 5.24. The molecular formula is C14H26N4O. The lowest BCUT2D eigenvalue weighted by molar-refractivity contribution is 0.146. The minimum Gasteiger partial charge on any atom is -0.391 e. The van der Waals surface area contributed by atoms with E-state index in [1.54, 1.807) is 0 Å². The molecule has 0 spiro atoms. The smallest absolute Gasteiger partial charge is 0.0716 e. The fraction of sp³-hybridized carbons (Fsp3) is 0.786. The first kappa shape index (κ1) is 14.5. The Bertz CT molecular complexity index is 416. The summed E-state index contributed by atoms with van der Waals surface area (Å²) in [6, 6.07) is 0. The van der Waals surface area contributed by atoms with Crippen LogP contribution >= 0.6 is 0 Å². The van der Waals surface area contributed by atoms with Gasteiger partial charge in [-0.1, -0.05) is 6.92 Å². The van der Waals surface area contributed by atoms with Gasteiger partial charge in [-0.3, -0.25) is 4.68 Å². The first-order chi connectivity index (χ1) is 9.13. The molecule has 1 aliphatic heterocycles. The number of nitrogens with one attached hydrogen (secondary N) is 2. The average Bonchev–Trinajstić information content (AvgIpc) is 2.89. The van der Waals surface area contributed by atoms with Gasteiger partial charge in [0.15, 0.2) is 0 Å². The fourth-order valence-electron chi connectivity index (χ4n) is 2.73. The van der Waals surface area contributed by atoms with Crippen molar-refractivity contribution >= 4 is 0 Å². The zero-order valence-corrected chi connectivity index (χ0v) is 12.2. The Balaban J connectivity index is 1.88. The predicted octanol–water partition coefficient (Wildman–Crippen LogP) is 0.580. The van der Waals surface area contributed by atoms with Gasteiger partial charge in [-0.2, -0.15) is 5.10 Å². The van der Waals surface area contributed by atoms with Crippen LogP contribution in [0, 0.1) is 19.8 Å². The molecule has 2 rings (SSSR count). The Labute approximate surface area is 115 Å². The molecule has 1 aromatic rings. The number of aliphatic hydroxyl groups is 1. The minimum atomic E-state index is -0.211. The molecule has 3 N–H and O–H groups in total. The molecule has 0 aromatic carbocycles. The molecule has 1 aromatic heterocycles. The van der Waals surface area contributed by atoms with Crippen LogP contribution < -0.4 is 10.6 Å². The number of nitrogens with zero attached hydrogens (tertiary/aromatic N) is 2. The number of hydrogen-bond acceptors (Lipinski definition) is 4. The molecule has 2 atom stereocenters. The van der Waals surface area contributed by atoms with Crippen LogP contribution in [0.5, 0.6) is 0 Å². The van der Waals surface area contributed by atoms with Crippen molar-refractivity contribution in [2.45, 2.75) is 46.4 Å². The predicted molar refractivity (Wildman–Crippen MR) is 76.1 cm³/mol. The third kappa shape index (κ3) is 3.35. The van der Waals surface area contributed by atoms with Gasteiger partial charge in [0.25, 0.3) is 0 Å². The molecule has 0 saturated carbocycles. The van der Waals surface area contributed by atoms with E-state index >= 15 is 0 Å². The van der Waals surface area contributed by atoms with E-state index in [0.717, 1.165) is 44.8 Å². The molecule has 5 nitrogen and oxygen atoms in total. The monoisotopic (exact) mass is 266 g/mol. The molecule has 0 aliphatic carbocycles. The molecule has 19 heavy (non-hydrogen) atoms. The van der Waals surface area contributed by atoms with E-state index in [1.165, 1.54) is 11.3 Å². The summed E-state index contributed by atoms with van der Waals surface area (Å²) in [5, 5.41) is 21.0. The van der Waals surface area contributed by atoms with E-state index in [2.05, 4.69) is 41.2 Å². The molecule has 0 amide bonds. The normalized spacial score (nSPS) is 23.2. The highest BCUT2D eigenvalue weighted by Crippen LogP contribution is 2.14. The lowest BCUT2D eigenvalue weighted by Gasteiger charge is -2.14. The quantitative estimate of drug-likeness (QED) is 0.705. The van der Waals surface area contributed by atoms with Crippen LogP contribution in [0.2, 0.25) is 0 Å². The summed E-state index contributed by atoms with van der Waals surface area (Å²) in [7, 11) is 0. The van der Waals surface area contributed by atoms with Gasteiger partial charge in [0, 0.05) is 49.9 Å². The third-order valence-electron chi connectivity index (χ3n) is 3.98. The number of β-amino-alcohol motifs (C(OH)–C–C–N with tert-alkyl or cyclic N) is 1. The third-order valence-corrected chi connectivity index (χ3v) is 3.98. The molecule has 1 aliphatic rings. The lowest BCUT2D eigenvalue weighted by Crippen LogP contribution is -2.30. The van der Waals surface area contributed by atoms with Crippen LogP contribution in [0.3, 0.4) is 0 Å². The first-order valence-corrected chi connectivity index (χ1v) is 7.25. The lowest BCUT2D eigenvalue weighted by atomic mass is 10.1. The van der Waals surface area contributed by atoms with E-state index in [0.29, 0.717) is 5.92 Å². The molecule has 2 heterocycles. The summed E-state index contributed by atoms with van der Waals surface area (Å²) in [5.41, 5.74) is 3.68. The Kier molecular flexibility index (Phi) is 4.96. The van der Waals surface area contributed by atoms with Crippen LogP contribution in [0.1, 0.15) is 30.3 Å². The summed E-state index contributed by atoms with van der Waals surface area (Å²) in [4.78, 5) is 0. The number of rotatable bonds is 6. The molecule has 1 fully saturated rings. The Morgan fingerprint density at radius 3 is 2.84 bits per heavy atom. The molecule has 108 valence electrons. The Morgan fingerprint density at radius 2 is 2.21 bits per heavy atom. The van der Waals surface area contributed by atoms with Gasteiger partial charge in [0.05, 0.1) is 11.8 Å². The summed E-state index contributed by atoms with van der Waals surface area (Å²) < 4.78 is 2.10. The highest BCUT2D eigenvalue weighted by Gasteiger charge is 2.24. The number of hydrogen-bond donors (Lipinski definition) is 3. The van der Waals surface area contributed by atoms with Gasteiger partial charge < -0.3 is 15.7 Å². The SMILES string of the molecule is CCCn1nc(C)c(CNCC2CNCC2O)c1C. The molecule has 2 unspecified atom stereocenters. The van der Waals surface area contributed by atoms with Crippen molar-refractivity contribution in [2.75, 3.05) is 19.6 Å². The number of aromatic nitrogens is 2. The second kappa shape index (κ2) is 6.50. The standard InChI is InChI=1S/C14H26N4O/c1-4-5-18-11(3)13(10(2)17-18)8-15-6-12-7-16-9-14(12)19/h12,14-16,19H,4-9H2,1-3H3. The molecular weight excluding hydrogens is 240 g/mol. The second-order valence-corrected chi connectivity index (χ2v) is 5.49. The number of aliphatic hydroxyl groups excluding tert-OH is 1. The zero-order chi connectivity index (χ0) is 13.8. The highest BCUT2D eigenvalue weighted by atomic mass is 16.3. The van der Waals surface area contributed by atoms with Crippen molar-refractivity contribution < 1.29 is 5.11 Å². The van der Waals surface area contributed by atoms with Crippen molar-refractivity contribution in [2.24, 2.45) is 5.92 Å². The maximum atomic E-state index is 9.75. The topological polar surface area (TPSA) is 62.1 Å². The maximum Gasteiger partial charge on any atom is 0.0716 e. The van der Waals surface area contributed by atoms with E-state index in [9.17, 15) is 5.11 Å². The van der Waals surface area contributed by atoms with Crippen LogP contribution in [0.4, 0.5) is 0 Å². The minimum absolute atomic E-state index is 0.211. The summed E-state index contributed by atoms with van der Waals surface area (Å²) >= 11 is 0. The summed E-state index contributed by atoms with van der Waals surface area (Å²) in [5.74, 6) is 0.325. The van der Waals surface area contributed by atoms with Crippen LogP contribution in [-0.4, -0.2) is 40.6 Å². The van der Waals surface area contributed by atoms with E-state index in [4.69, 9.17) is 0 Å². The Hall–Kier alpha value is -0.910. The van der Waals surface area contributed by atoms with Gasteiger partial charge in [-0.25, -0.2) is 0 Å². The molecule has 5 heteroatoms. The molecule has 0 radical (unpaired) electrons. The van der Waals surface area contributed by atoms with Crippen molar-refractivity contribution in [1.82, 2.24) is 20.4 Å². The van der Waals surface area contributed by atoms with E-state index < -0.39 is 0 Å². The summed E-state index contributed by atoms with van der Waals surface area (Å²) in [6.45, 7) is 10.7. The van der Waals surface area contributed by atoms with Crippen LogP contribution in [0.15, 0.2) is 0 Å². The molecule has 1 saturated heterocycles. The van der Waals surface area contributed by atoms with Crippen LogP contribution in [-0.2, 0) is 13.1 Å². The van der Waals surface area contributed by atoms with Crippen molar-refractivity contribution in [3.05, 3.63) is 17.0 Å². The Morgan fingerprint density at radius 1 is 1.42 bits per heavy atom. The van der Waals surface area contributed by atoms with Gasteiger partial charge in [-0.15, -0.1) is 0 Å². The maximum absolute atomic E-state index is 9.75. The zero-order valence-electron chi connectivity index (χ0n) is 12.2. The van der Waals surface area contributed by atoms with Crippen molar-refractivity contribution in [1.29, 1.82) is 0 Å². The van der Waals surface area contributed by atoms with E-state index in [1.807, 2.05) is 0 Å². The average molecular weight is 266 g/mol. The van der Waals surface area contributed by atoms with E-state index in [-0.39, 0.29) is 6.10 Å². The molecule has 0 bridgehead atoms. The van der Waals surface area contributed by atoms with Crippen molar-refractivity contribution in [3.8, 4) is 0 Å². The van der Waals surface area contributed by atoms with Crippen LogP contribution in [0.25, 0.3) is 0 Å². The van der Waals surface area contributed by atoms with Gasteiger partial charge in [-0.05, 0) is 20.3 Å².